The number of nitrogens with one attached hydrogen (secondary N) is 1. The van der Waals surface area contributed by atoms with Crippen LogP contribution in [0.3, 0.4) is 0 Å². The highest BCUT2D eigenvalue weighted by molar-refractivity contribution is 6.16. The van der Waals surface area contributed by atoms with Gasteiger partial charge in [-0.05, 0) is 53.1 Å². The SMILES string of the molecule is O=C(c1ccccn1)[C@@H]1[C@H](C(=O)c2ccco2)[C@]2(C(=O)Nc3ccccc32)[C@H]2c3ccccc3C=CN12. The minimum Gasteiger partial charge on any atom is -0.461 e. The average molecular weight is 488 g/mol. The molecular weight excluding hydrogens is 466 g/mol. The molecule has 1 fully saturated rings. The molecule has 5 heterocycles. The molecule has 3 aliphatic heterocycles. The molecular formula is C30H21N3O4. The van der Waals surface area contributed by atoms with Gasteiger partial charge in [-0.15, -0.1) is 0 Å². The van der Waals surface area contributed by atoms with Crippen LogP contribution in [0.4, 0.5) is 5.69 Å². The number of Topliss-reactive ketones (excluding diaryl/α,β-unsaturated/α-hetero) is 2. The number of nitrogens with zero attached hydrogens (tertiary/aromatic N) is 2. The van der Waals surface area contributed by atoms with E-state index in [1.807, 2.05) is 65.7 Å². The number of furan rings is 1. The number of hydrogen-bond acceptors (Lipinski definition) is 6. The molecule has 2 aromatic carbocycles. The quantitative estimate of drug-likeness (QED) is 0.421. The maximum Gasteiger partial charge on any atom is 0.238 e. The summed E-state index contributed by atoms with van der Waals surface area (Å²) in [6.45, 7) is 0. The van der Waals surface area contributed by atoms with E-state index >= 15 is 0 Å². The van der Waals surface area contributed by atoms with Crippen molar-refractivity contribution in [2.75, 3.05) is 5.32 Å². The van der Waals surface area contributed by atoms with Gasteiger partial charge in [-0.25, -0.2) is 0 Å². The summed E-state index contributed by atoms with van der Waals surface area (Å²) in [4.78, 5) is 49.0. The van der Waals surface area contributed by atoms with Crippen LogP contribution in [0.5, 0.6) is 0 Å². The predicted octanol–water partition coefficient (Wildman–Crippen LogP) is 4.66. The number of anilines is 1. The molecule has 0 unspecified atom stereocenters. The van der Waals surface area contributed by atoms with E-state index in [0.717, 1.165) is 11.1 Å². The van der Waals surface area contributed by atoms with Gasteiger partial charge in [-0.2, -0.15) is 0 Å². The molecule has 7 nitrogen and oxygen atoms in total. The number of carbonyl (C=O) groups excluding carboxylic acids is 3. The molecule has 0 radical (unpaired) electrons. The van der Waals surface area contributed by atoms with Crippen LogP contribution in [0.2, 0.25) is 0 Å². The molecule has 37 heavy (non-hydrogen) atoms. The van der Waals surface area contributed by atoms with Crippen molar-refractivity contribution in [2.24, 2.45) is 5.92 Å². The van der Waals surface area contributed by atoms with Gasteiger partial charge in [0.1, 0.15) is 17.2 Å². The summed E-state index contributed by atoms with van der Waals surface area (Å²) in [6.07, 6.45) is 6.74. The molecule has 0 aliphatic carbocycles. The monoisotopic (exact) mass is 487 g/mol. The minimum atomic E-state index is -1.38. The van der Waals surface area contributed by atoms with Gasteiger partial charge in [-0.3, -0.25) is 19.4 Å². The first kappa shape index (κ1) is 21.5. The van der Waals surface area contributed by atoms with Crippen molar-refractivity contribution in [3.63, 3.8) is 0 Å². The van der Waals surface area contributed by atoms with Gasteiger partial charge in [-0.1, -0.05) is 48.5 Å². The topological polar surface area (TPSA) is 92.5 Å². The van der Waals surface area contributed by atoms with E-state index in [9.17, 15) is 14.4 Å². The maximum atomic E-state index is 14.3. The summed E-state index contributed by atoms with van der Waals surface area (Å²) in [5.41, 5.74) is 2.01. The summed E-state index contributed by atoms with van der Waals surface area (Å²) in [6, 6.07) is 22.0. The number of rotatable bonds is 4. The van der Waals surface area contributed by atoms with Gasteiger partial charge in [0.25, 0.3) is 0 Å². The van der Waals surface area contributed by atoms with Crippen LogP contribution in [-0.2, 0) is 10.2 Å². The number of carbonyl (C=O) groups is 3. The molecule has 3 aliphatic rings. The van der Waals surface area contributed by atoms with E-state index in [1.165, 1.54) is 6.26 Å². The van der Waals surface area contributed by atoms with E-state index < -0.39 is 29.2 Å². The summed E-state index contributed by atoms with van der Waals surface area (Å²) in [5, 5.41) is 3.02. The summed E-state index contributed by atoms with van der Waals surface area (Å²) in [7, 11) is 0. The third kappa shape index (κ3) is 2.82. The molecule has 4 atom stereocenters. The Morgan fingerprint density at radius 1 is 0.919 bits per heavy atom. The normalized spacial score (nSPS) is 24.9. The Morgan fingerprint density at radius 3 is 2.54 bits per heavy atom. The lowest BCUT2D eigenvalue weighted by atomic mass is 9.63. The predicted molar refractivity (Wildman–Crippen MR) is 136 cm³/mol. The third-order valence-electron chi connectivity index (χ3n) is 7.80. The lowest BCUT2D eigenvalue weighted by molar-refractivity contribution is -0.122. The molecule has 7 heteroatoms. The Kier molecular flexibility index (Phi) is 4.57. The lowest BCUT2D eigenvalue weighted by Gasteiger charge is -2.38. The number of aromatic nitrogens is 1. The van der Waals surface area contributed by atoms with Crippen molar-refractivity contribution in [3.8, 4) is 0 Å². The Bertz CT molecular complexity index is 1590. The molecule has 1 saturated heterocycles. The fraction of sp³-hybridized carbons (Fsp3) is 0.133. The number of amides is 1. The second-order valence-corrected chi connectivity index (χ2v) is 9.51. The fourth-order valence-corrected chi connectivity index (χ4v) is 6.40. The first-order valence-corrected chi connectivity index (χ1v) is 12.1. The van der Waals surface area contributed by atoms with Gasteiger partial charge in [0.2, 0.25) is 17.5 Å². The molecule has 7 rings (SSSR count). The number of benzene rings is 2. The number of hydrogen-bond donors (Lipinski definition) is 1. The molecule has 0 saturated carbocycles. The summed E-state index contributed by atoms with van der Waals surface area (Å²) < 4.78 is 5.55. The highest BCUT2D eigenvalue weighted by Gasteiger charge is 2.71. The van der Waals surface area contributed by atoms with E-state index in [0.29, 0.717) is 11.3 Å². The Balaban J connectivity index is 1.55. The summed E-state index contributed by atoms with van der Waals surface area (Å²) in [5.74, 6) is -2.00. The number of para-hydroxylation sites is 1. The lowest BCUT2D eigenvalue weighted by Crippen LogP contribution is -2.49. The zero-order chi connectivity index (χ0) is 25.1. The zero-order valence-corrected chi connectivity index (χ0v) is 19.6. The van der Waals surface area contributed by atoms with E-state index in [2.05, 4.69) is 10.3 Å². The standard InChI is InChI=1S/C30H21N3O4/c34-26(22-12-5-6-15-31-22)25-24(27(35)23-13-7-17-37-23)30(20-10-3-4-11-21(20)32-29(30)36)28-19-9-2-1-8-18(19)14-16-33(25)28/h1-17,24-25,28H,(H,32,36)/t24-,25+,28-,30+/m1/s1. The van der Waals surface area contributed by atoms with Gasteiger partial charge in [0, 0.05) is 18.1 Å². The largest absolute Gasteiger partial charge is 0.461 e. The molecule has 180 valence electrons. The molecule has 1 spiro atoms. The molecule has 0 bridgehead atoms. The number of pyridine rings is 1. The average Bonchev–Trinajstić information content (AvgIpc) is 3.65. The second kappa shape index (κ2) is 7.86. The number of ketones is 2. The minimum absolute atomic E-state index is 0.109. The van der Waals surface area contributed by atoms with Crippen LogP contribution in [0, 0.1) is 5.92 Å². The van der Waals surface area contributed by atoms with Crippen molar-refractivity contribution >= 4 is 29.2 Å². The van der Waals surface area contributed by atoms with Crippen LogP contribution in [0.25, 0.3) is 6.08 Å². The van der Waals surface area contributed by atoms with Crippen LogP contribution < -0.4 is 5.32 Å². The van der Waals surface area contributed by atoms with Crippen molar-refractivity contribution in [1.82, 2.24) is 9.88 Å². The van der Waals surface area contributed by atoms with Crippen molar-refractivity contribution in [1.29, 1.82) is 0 Å². The Hall–Kier alpha value is -4.78. The third-order valence-corrected chi connectivity index (χ3v) is 7.80. The van der Waals surface area contributed by atoms with Crippen molar-refractivity contribution in [2.45, 2.75) is 17.5 Å². The maximum absolute atomic E-state index is 14.3. The smallest absolute Gasteiger partial charge is 0.238 e. The van der Waals surface area contributed by atoms with Gasteiger partial charge in [0.05, 0.1) is 18.2 Å². The second-order valence-electron chi connectivity index (χ2n) is 9.51. The van der Waals surface area contributed by atoms with Gasteiger partial charge >= 0.3 is 0 Å². The highest BCUT2D eigenvalue weighted by atomic mass is 16.3. The van der Waals surface area contributed by atoms with Crippen LogP contribution in [-0.4, -0.2) is 33.4 Å². The molecule has 1 N–H and O–H groups in total. The zero-order valence-electron chi connectivity index (χ0n) is 19.6. The van der Waals surface area contributed by atoms with E-state index in [4.69, 9.17) is 4.42 Å². The van der Waals surface area contributed by atoms with E-state index in [-0.39, 0.29) is 23.1 Å². The van der Waals surface area contributed by atoms with Crippen LogP contribution >= 0.6 is 0 Å². The van der Waals surface area contributed by atoms with Crippen LogP contribution in [0.1, 0.15) is 43.8 Å². The molecule has 2 aromatic heterocycles. The highest BCUT2D eigenvalue weighted by Crippen LogP contribution is 2.62. The van der Waals surface area contributed by atoms with E-state index in [1.54, 1.807) is 36.5 Å². The van der Waals surface area contributed by atoms with Gasteiger partial charge < -0.3 is 14.6 Å². The van der Waals surface area contributed by atoms with Crippen molar-refractivity contribution < 1.29 is 18.8 Å². The first-order chi connectivity index (χ1) is 18.1. The Morgan fingerprint density at radius 2 is 1.73 bits per heavy atom. The van der Waals surface area contributed by atoms with Crippen molar-refractivity contribution in [3.05, 3.63) is 126 Å². The fourth-order valence-electron chi connectivity index (χ4n) is 6.40. The van der Waals surface area contributed by atoms with Gasteiger partial charge in [0.15, 0.2) is 5.76 Å². The van der Waals surface area contributed by atoms with Crippen LogP contribution in [0.15, 0.2) is 102 Å². The molecule has 1 amide bonds. The first-order valence-electron chi connectivity index (χ1n) is 12.1. The molecule has 4 aromatic rings. The number of fused-ring (bicyclic) bond motifs is 6. The Labute approximate surface area is 212 Å². The summed E-state index contributed by atoms with van der Waals surface area (Å²) >= 11 is 0.